The van der Waals surface area contributed by atoms with Crippen LogP contribution in [0, 0.1) is 13.8 Å². The number of methoxy groups -OCH3 is 1. The summed E-state index contributed by atoms with van der Waals surface area (Å²) in [6, 6.07) is 0. The maximum Gasteiger partial charge on any atom is 0.214 e. The molecule has 0 aliphatic rings. The van der Waals surface area contributed by atoms with E-state index in [0.29, 0.717) is 44.8 Å². The average Bonchev–Trinajstić information content (AvgIpc) is 2.76. The summed E-state index contributed by atoms with van der Waals surface area (Å²) in [6.45, 7) is 6.80. The van der Waals surface area contributed by atoms with Crippen LogP contribution in [0.1, 0.15) is 17.3 Å². The summed E-state index contributed by atoms with van der Waals surface area (Å²) in [5, 5.41) is 6.27. The number of nitrogens with zero attached hydrogens (tertiary/aromatic N) is 2. The first-order valence-electron chi connectivity index (χ1n) is 6.61. The predicted molar refractivity (Wildman–Crippen MR) is 76.9 cm³/mol. The van der Waals surface area contributed by atoms with Gasteiger partial charge in [0.05, 0.1) is 32.1 Å². The number of oxazole rings is 1. The topological polar surface area (TPSA) is 80.9 Å². The van der Waals surface area contributed by atoms with Crippen LogP contribution in [0.4, 0.5) is 0 Å². The van der Waals surface area contributed by atoms with Gasteiger partial charge in [0.15, 0.2) is 5.96 Å². The highest BCUT2D eigenvalue weighted by atomic mass is 16.5. The lowest BCUT2D eigenvalue weighted by Crippen LogP contribution is -2.38. The fraction of sp³-hybridized carbons (Fsp3) is 0.692. The highest BCUT2D eigenvalue weighted by Gasteiger charge is 2.06. The number of aliphatic imine (C=N–C) groups is 1. The summed E-state index contributed by atoms with van der Waals surface area (Å²) >= 11 is 0. The Hall–Kier alpha value is -1.60. The maximum absolute atomic E-state index is 5.48. The molecule has 1 rings (SSSR count). The molecule has 1 heterocycles. The third-order valence-electron chi connectivity index (χ3n) is 2.67. The van der Waals surface area contributed by atoms with Crippen molar-refractivity contribution in [3.05, 3.63) is 17.3 Å². The van der Waals surface area contributed by atoms with Gasteiger partial charge in [-0.05, 0) is 13.8 Å². The summed E-state index contributed by atoms with van der Waals surface area (Å²) in [4.78, 5) is 8.41. The minimum Gasteiger partial charge on any atom is -0.444 e. The molecule has 0 amide bonds. The molecule has 0 saturated heterocycles. The molecule has 0 aliphatic carbocycles. The van der Waals surface area contributed by atoms with E-state index in [1.807, 2.05) is 13.8 Å². The zero-order chi connectivity index (χ0) is 14.8. The molecular formula is C13H24N4O3. The molecule has 7 nitrogen and oxygen atoms in total. The Bertz CT molecular complexity index is 398. The molecule has 114 valence electrons. The van der Waals surface area contributed by atoms with Crippen molar-refractivity contribution < 1.29 is 13.9 Å². The van der Waals surface area contributed by atoms with Crippen molar-refractivity contribution in [2.24, 2.45) is 4.99 Å². The van der Waals surface area contributed by atoms with E-state index in [-0.39, 0.29) is 0 Å². The molecule has 0 atom stereocenters. The van der Waals surface area contributed by atoms with Crippen LogP contribution in [-0.4, -0.2) is 51.5 Å². The van der Waals surface area contributed by atoms with Crippen molar-refractivity contribution in [2.75, 3.05) is 40.5 Å². The molecule has 1 aromatic heterocycles. The van der Waals surface area contributed by atoms with Crippen molar-refractivity contribution in [3.8, 4) is 0 Å². The molecule has 7 heteroatoms. The van der Waals surface area contributed by atoms with Crippen molar-refractivity contribution in [1.29, 1.82) is 0 Å². The Labute approximate surface area is 119 Å². The first kappa shape index (κ1) is 16.5. The molecule has 0 bridgehead atoms. The van der Waals surface area contributed by atoms with Crippen LogP contribution in [0.15, 0.2) is 9.41 Å². The van der Waals surface area contributed by atoms with E-state index in [9.17, 15) is 0 Å². The van der Waals surface area contributed by atoms with Gasteiger partial charge >= 0.3 is 0 Å². The quantitative estimate of drug-likeness (QED) is 0.414. The fourth-order valence-electron chi connectivity index (χ4n) is 1.48. The average molecular weight is 284 g/mol. The van der Waals surface area contributed by atoms with Gasteiger partial charge in [-0.25, -0.2) is 4.98 Å². The second kappa shape index (κ2) is 9.33. The molecule has 20 heavy (non-hydrogen) atoms. The largest absolute Gasteiger partial charge is 0.444 e. The highest BCUT2D eigenvalue weighted by molar-refractivity contribution is 5.79. The van der Waals surface area contributed by atoms with Gasteiger partial charge in [0, 0.05) is 20.7 Å². The van der Waals surface area contributed by atoms with Crippen molar-refractivity contribution in [2.45, 2.75) is 20.4 Å². The predicted octanol–water partition coefficient (Wildman–Crippen LogP) is 0.619. The summed E-state index contributed by atoms with van der Waals surface area (Å²) in [5.41, 5.74) is 0.913. The van der Waals surface area contributed by atoms with Gasteiger partial charge in [0.2, 0.25) is 5.89 Å². The lowest BCUT2D eigenvalue weighted by atomic mass is 10.4. The number of rotatable bonds is 8. The zero-order valence-electron chi connectivity index (χ0n) is 12.7. The van der Waals surface area contributed by atoms with E-state index < -0.39 is 0 Å². The molecule has 0 aliphatic heterocycles. The zero-order valence-corrected chi connectivity index (χ0v) is 12.7. The number of ether oxygens (including phenoxy) is 2. The summed E-state index contributed by atoms with van der Waals surface area (Å²) in [5.74, 6) is 2.18. The Kier molecular flexibility index (Phi) is 7.67. The molecule has 0 aromatic carbocycles. The Morgan fingerprint density at radius 2 is 2.05 bits per heavy atom. The SMILES string of the molecule is CN=C(NCCOCCOC)NCc1nc(C)c(C)o1. The van der Waals surface area contributed by atoms with Gasteiger partial charge in [-0.3, -0.25) is 4.99 Å². The lowest BCUT2D eigenvalue weighted by molar-refractivity contribution is 0.0733. The second-order valence-corrected chi connectivity index (χ2v) is 4.21. The molecule has 0 unspecified atom stereocenters. The molecule has 2 N–H and O–H groups in total. The Morgan fingerprint density at radius 3 is 2.65 bits per heavy atom. The first-order chi connectivity index (χ1) is 9.67. The molecule has 0 spiro atoms. The second-order valence-electron chi connectivity index (χ2n) is 4.21. The molecular weight excluding hydrogens is 260 g/mol. The van der Waals surface area contributed by atoms with E-state index >= 15 is 0 Å². The van der Waals surface area contributed by atoms with E-state index in [1.165, 1.54) is 0 Å². The van der Waals surface area contributed by atoms with Gasteiger partial charge in [0.1, 0.15) is 5.76 Å². The minimum atomic E-state index is 0.499. The fourth-order valence-corrected chi connectivity index (χ4v) is 1.48. The molecule has 0 fully saturated rings. The third-order valence-corrected chi connectivity index (χ3v) is 2.67. The normalized spacial score (nSPS) is 11.7. The minimum absolute atomic E-state index is 0.499. The number of nitrogens with one attached hydrogen (secondary N) is 2. The van der Waals surface area contributed by atoms with Crippen LogP contribution in [0.5, 0.6) is 0 Å². The van der Waals surface area contributed by atoms with Crippen LogP contribution in [0.3, 0.4) is 0 Å². The van der Waals surface area contributed by atoms with Crippen LogP contribution in [0.25, 0.3) is 0 Å². The monoisotopic (exact) mass is 284 g/mol. The van der Waals surface area contributed by atoms with Gasteiger partial charge in [-0.2, -0.15) is 0 Å². The molecule has 0 saturated carbocycles. The van der Waals surface area contributed by atoms with E-state index in [1.54, 1.807) is 14.2 Å². The smallest absolute Gasteiger partial charge is 0.214 e. The lowest BCUT2D eigenvalue weighted by Gasteiger charge is -2.10. The number of hydrogen-bond donors (Lipinski definition) is 2. The van der Waals surface area contributed by atoms with Gasteiger partial charge in [-0.15, -0.1) is 0 Å². The summed E-state index contributed by atoms with van der Waals surface area (Å²) in [6.07, 6.45) is 0. The summed E-state index contributed by atoms with van der Waals surface area (Å²) < 4.78 is 15.7. The van der Waals surface area contributed by atoms with Crippen LogP contribution >= 0.6 is 0 Å². The summed E-state index contributed by atoms with van der Waals surface area (Å²) in [7, 11) is 3.37. The molecule has 0 radical (unpaired) electrons. The van der Waals surface area contributed by atoms with Crippen molar-refractivity contribution in [1.82, 2.24) is 15.6 Å². The van der Waals surface area contributed by atoms with E-state index in [0.717, 1.165) is 11.5 Å². The van der Waals surface area contributed by atoms with Crippen LogP contribution < -0.4 is 10.6 Å². The highest BCUT2D eigenvalue weighted by Crippen LogP contribution is 2.07. The van der Waals surface area contributed by atoms with E-state index in [2.05, 4.69) is 20.6 Å². The van der Waals surface area contributed by atoms with Crippen LogP contribution in [0.2, 0.25) is 0 Å². The van der Waals surface area contributed by atoms with Gasteiger partial charge in [0.25, 0.3) is 0 Å². The standard InChI is InChI=1S/C13H24N4O3/c1-10-11(2)20-12(17-10)9-16-13(14-3)15-5-6-19-8-7-18-4/h5-9H2,1-4H3,(H2,14,15,16). The van der Waals surface area contributed by atoms with Crippen molar-refractivity contribution in [3.63, 3.8) is 0 Å². The Balaban J connectivity index is 2.20. The maximum atomic E-state index is 5.48. The number of aromatic nitrogens is 1. The van der Waals surface area contributed by atoms with Crippen molar-refractivity contribution >= 4 is 5.96 Å². The number of hydrogen-bond acceptors (Lipinski definition) is 5. The van der Waals surface area contributed by atoms with E-state index in [4.69, 9.17) is 13.9 Å². The Morgan fingerprint density at radius 1 is 1.25 bits per heavy atom. The number of guanidine groups is 1. The number of aryl methyl sites for hydroxylation is 2. The van der Waals surface area contributed by atoms with Crippen LogP contribution in [-0.2, 0) is 16.0 Å². The van der Waals surface area contributed by atoms with Gasteiger partial charge < -0.3 is 24.5 Å². The molecule has 1 aromatic rings. The first-order valence-corrected chi connectivity index (χ1v) is 6.61. The third kappa shape index (κ3) is 6.03. The van der Waals surface area contributed by atoms with Gasteiger partial charge in [-0.1, -0.05) is 0 Å².